The largest absolute Gasteiger partial charge is 0.317 e. The molecule has 0 radical (unpaired) electrons. The summed E-state index contributed by atoms with van der Waals surface area (Å²) < 4.78 is 56.4. The molecular formula is C15H15F4N5S. The summed E-state index contributed by atoms with van der Waals surface area (Å²) in [5.41, 5.74) is 0. The Hall–Kier alpha value is -1.68. The number of hydrogen-bond donors (Lipinski definition) is 1. The van der Waals surface area contributed by atoms with Gasteiger partial charge in [-0.25, -0.2) is 8.78 Å². The van der Waals surface area contributed by atoms with Crippen molar-refractivity contribution in [3.63, 3.8) is 0 Å². The van der Waals surface area contributed by atoms with Gasteiger partial charge in [0, 0.05) is 12.0 Å². The topological polar surface area (TPSA) is 55.6 Å². The van der Waals surface area contributed by atoms with Crippen molar-refractivity contribution in [3.05, 3.63) is 29.4 Å². The van der Waals surface area contributed by atoms with E-state index >= 15 is 0 Å². The van der Waals surface area contributed by atoms with Gasteiger partial charge in [-0.1, -0.05) is 0 Å². The van der Waals surface area contributed by atoms with Crippen molar-refractivity contribution in [3.8, 4) is 0 Å². The normalized spacial score (nSPS) is 18.7. The molecule has 2 aliphatic rings. The summed E-state index contributed by atoms with van der Waals surface area (Å²) in [7, 11) is 0. The summed E-state index contributed by atoms with van der Waals surface area (Å²) >= 11 is 0.553. The zero-order valence-electron chi connectivity index (χ0n) is 13.1. The van der Waals surface area contributed by atoms with Crippen LogP contribution in [-0.2, 0) is 0 Å². The highest BCUT2D eigenvalue weighted by atomic mass is 32.2. The first-order chi connectivity index (χ1) is 12.1. The Bertz CT molecular complexity index is 775. The molecule has 5 nitrogen and oxygen atoms in total. The minimum atomic E-state index is -1.67. The van der Waals surface area contributed by atoms with Gasteiger partial charge in [0.05, 0.1) is 4.90 Å². The highest BCUT2D eigenvalue weighted by Crippen LogP contribution is 2.43. The lowest BCUT2D eigenvalue weighted by atomic mass is 9.97. The number of hydrogen-bond acceptors (Lipinski definition) is 5. The van der Waals surface area contributed by atoms with Crippen LogP contribution >= 0.6 is 11.8 Å². The third-order valence-corrected chi connectivity index (χ3v) is 5.48. The smallest absolute Gasteiger partial charge is 0.252 e. The second-order valence-electron chi connectivity index (χ2n) is 6.22. The first-order valence-corrected chi connectivity index (χ1v) is 8.91. The number of halogens is 4. The third kappa shape index (κ3) is 3.12. The van der Waals surface area contributed by atoms with E-state index in [0.29, 0.717) is 11.8 Å². The van der Waals surface area contributed by atoms with Crippen LogP contribution in [-0.4, -0.2) is 32.8 Å². The first-order valence-electron chi connectivity index (χ1n) is 8.09. The molecule has 1 saturated carbocycles. The van der Waals surface area contributed by atoms with Crippen molar-refractivity contribution in [1.82, 2.24) is 25.1 Å². The molecule has 2 aromatic heterocycles. The van der Waals surface area contributed by atoms with Crippen LogP contribution in [0.5, 0.6) is 0 Å². The predicted molar refractivity (Wildman–Crippen MR) is 81.3 cm³/mol. The lowest BCUT2D eigenvalue weighted by Crippen LogP contribution is -2.28. The Morgan fingerprint density at radius 3 is 2.16 bits per heavy atom. The lowest BCUT2D eigenvalue weighted by molar-refractivity contribution is 0.383. The predicted octanol–water partition coefficient (Wildman–Crippen LogP) is 3.18. The average molecular weight is 373 g/mol. The minimum absolute atomic E-state index is 0.171. The molecule has 2 fully saturated rings. The van der Waals surface area contributed by atoms with Crippen LogP contribution in [0.1, 0.15) is 43.5 Å². The summed E-state index contributed by atoms with van der Waals surface area (Å²) in [6, 6.07) is 0.171. The monoisotopic (exact) mass is 373 g/mol. The quantitative estimate of drug-likeness (QED) is 0.659. The molecular weight excluding hydrogens is 358 g/mol. The van der Waals surface area contributed by atoms with Crippen LogP contribution in [0, 0.1) is 23.5 Å². The fraction of sp³-hybridized carbons (Fsp3) is 0.533. The molecule has 0 aromatic carbocycles. The number of piperidine rings is 1. The second kappa shape index (κ2) is 6.56. The van der Waals surface area contributed by atoms with Crippen LogP contribution in [0.3, 0.4) is 0 Å². The maximum absolute atomic E-state index is 13.9. The van der Waals surface area contributed by atoms with E-state index in [1.54, 1.807) is 0 Å². The zero-order chi connectivity index (χ0) is 17.6. The van der Waals surface area contributed by atoms with E-state index in [9.17, 15) is 17.6 Å². The van der Waals surface area contributed by atoms with Gasteiger partial charge in [-0.2, -0.15) is 13.8 Å². The van der Waals surface area contributed by atoms with E-state index in [1.165, 1.54) is 0 Å². The molecule has 0 spiro atoms. The van der Waals surface area contributed by atoms with Crippen LogP contribution in [0.25, 0.3) is 0 Å². The summed E-state index contributed by atoms with van der Waals surface area (Å²) in [4.78, 5) is 1.80. The van der Waals surface area contributed by atoms with Crippen molar-refractivity contribution in [2.24, 2.45) is 0 Å². The Morgan fingerprint density at radius 2 is 1.56 bits per heavy atom. The molecule has 1 aliphatic heterocycles. The zero-order valence-corrected chi connectivity index (χ0v) is 13.9. The summed E-state index contributed by atoms with van der Waals surface area (Å²) in [6.45, 7) is 1.74. The Kier molecular flexibility index (Phi) is 4.40. The van der Waals surface area contributed by atoms with Crippen molar-refractivity contribution in [2.45, 2.75) is 47.7 Å². The van der Waals surface area contributed by atoms with Crippen molar-refractivity contribution in [1.29, 1.82) is 0 Å². The van der Waals surface area contributed by atoms with Gasteiger partial charge >= 0.3 is 0 Å². The van der Waals surface area contributed by atoms with Crippen LogP contribution in [0.2, 0.25) is 0 Å². The van der Waals surface area contributed by atoms with Crippen molar-refractivity contribution >= 4 is 11.8 Å². The fourth-order valence-corrected chi connectivity index (χ4v) is 3.99. The van der Waals surface area contributed by atoms with Crippen molar-refractivity contribution in [2.75, 3.05) is 13.1 Å². The van der Waals surface area contributed by atoms with E-state index in [-0.39, 0.29) is 17.1 Å². The highest BCUT2D eigenvalue weighted by Gasteiger charge is 2.34. The van der Waals surface area contributed by atoms with Gasteiger partial charge in [0.2, 0.25) is 0 Å². The maximum Gasteiger partial charge on any atom is 0.252 e. The number of nitrogens with one attached hydrogen (secondary N) is 1. The summed E-state index contributed by atoms with van der Waals surface area (Å²) in [5, 5.41) is 11.8. The van der Waals surface area contributed by atoms with Gasteiger partial charge in [-0.3, -0.25) is 0 Å². The van der Waals surface area contributed by atoms with Gasteiger partial charge in [-0.05, 0) is 50.5 Å². The number of pyridine rings is 1. The Morgan fingerprint density at radius 1 is 0.920 bits per heavy atom. The van der Waals surface area contributed by atoms with Crippen LogP contribution in [0.4, 0.5) is 17.6 Å². The Balaban J connectivity index is 1.71. The Labute approximate surface area is 145 Å². The van der Waals surface area contributed by atoms with E-state index in [1.807, 2.05) is 4.57 Å². The van der Waals surface area contributed by atoms with E-state index in [4.69, 9.17) is 0 Å². The van der Waals surface area contributed by atoms with Gasteiger partial charge in [-0.15, -0.1) is 10.2 Å². The third-order valence-electron chi connectivity index (χ3n) is 4.46. The molecule has 25 heavy (non-hydrogen) atoms. The highest BCUT2D eigenvalue weighted by molar-refractivity contribution is 7.99. The van der Waals surface area contributed by atoms with E-state index < -0.39 is 28.4 Å². The molecule has 0 bridgehead atoms. The van der Waals surface area contributed by atoms with Gasteiger partial charge in [0.15, 0.2) is 16.8 Å². The van der Waals surface area contributed by atoms with Crippen LogP contribution in [0.15, 0.2) is 10.1 Å². The minimum Gasteiger partial charge on any atom is -0.317 e. The van der Waals surface area contributed by atoms with Gasteiger partial charge in [0.1, 0.15) is 5.82 Å². The lowest BCUT2D eigenvalue weighted by Gasteiger charge is -2.22. The van der Waals surface area contributed by atoms with E-state index in [2.05, 4.69) is 20.5 Å². The molecule has 134 valence electrons. The van der Waals surface area contributed by atoms with Gasteiger partial charge in [0.25, 0.3) is 11.9 Å². The molecule has 1 saturated heterocycles. The molecule has 0 unspecified atom stereocenters. The number of rotatable bonds is 4. The van der Waals surface area contributed by atoms with Crippen molar-refractivity contribution < 1.29 is 17.6 Å². The molecule has 3 heterocycles. The summed E-state index contributed by atoms with van der Waals surface area (Å²) in [5.74, 6) is -5.38. The molecule has 1 N–H and O–H groups in total. The van der Waals surface area contributed by atoms with E-state index in [0.717, 1.165) is 44.6 Å². The second-order valence-corrected chi connectivity index (χ2v) is 7.20. The number of nitrogens with zero attached hydrogens (tertiary/aromatic N) is 4. The maximum atomic E-state index is 13.9. The standard InChI is InChI=1S/C15H15F4N5S/c16-9-11(10(17)13(19)21-12(9)18)25-15-23-22-14(24(15)8-1-2-8)7-3-5-20-6-4-7/h7-8,20H,1-6H2. The molecule has 4 rings (SSSR count). The van der Waals surface area contributed by atoms with Crippen LogP contribution < -0.4 is 5.32 Å². The molecule has 2 aromatic rings. The first kappa shape index (κ1) is 16.8. The van der Waals surface area contributed by atoms with Gasteiger partial charge < -0.3 is 9.88 Å². The molecule has 0 amide bonds. The fourth-order valence-electron chi connectivity index (χ4n) is 3.04. The summed E-state index contributed by atoms with van der Waals surface area (Å²) in [6.07, 6.45) is 3.65. The average Bonchev–Trinajstić information content (AvgIpc) is 3.37. The molecule has 1 aliphatic carbocycles. The number of aromatic nitrogens is 4. The SMILES string of the molecule is Fc1nc(F)c(F)c(Sc2nnc(C3CCNCC3)n2C2CC2)c1F. The molecule has 10 heteroatoms. The molecule has 0 atom stereocenters.